The van der Waals surface area contributed by atoms with E-state index in [1.54, 1.807) is 19.2 Å². The topological polar surface area (TPSA) is 70.8 Å². The first kappa shape index (κ1) is 17.1. The molecule has 2 aromatic rings. The number of carbonyl (C=O) groups is 1. The van der Waals surface area contributed by atoms with Crippen LogP contribution in [0.5, 0.6) is 5.75 Å². The maximum atomic E-state index is 12.2. The van der Waals surface area contributed by atoms with Gasteiger partial charge >= 0.3 is 0 Å². The van der Waals surface area contributed by atoms with E-state index in [-0.39, 0.29) is 5.91 Å². The predicted molar refractivity (Wildman–Crippen MR) is 101 cm³/mol. The summed E-state index contributed by atoms with van der Waals surface area (Å²) in [6.45, 7) is 3.82. The molecule has 0 atom stereocenters. The van der Waals surface area contributed by atoms with Crippen molar-refractivity contribution in [2.45, 2.75) is 0 Å². The van der Waals surface area contributed by atoms with Gasteiger partial charge in [0.1, 0.15) is 5.75 Å². The summed E-state index contributed by atoms with van der Waals surface area (Å²) < 4.78 is 5.44. The Bertz CT molecular complexity index is 710. The molecule has 0 radical (unpaired) electrons. The number of amides is 1. The summed E-state index contributed by atoms with van der Waals surface area (Å²) >= 11 is 0. The predicted octanol–water partition coefficient (Wildman–Crippen LogP) is 2.04. The molecule has 25 heavy (non-hydrogen) atoms. The number of para-hydroxylation sites is 2. The molecular weight excluding hydrogens is 316 g/mol. The van der Waals surface area contributed by atoms with Crippen molar-refractivity contribution in [3.8, 4) is 5.75 Å². The molecule has 1 aliphatic rings. The van der Waals surface area contributed by atoms with Crippen LogP contribution in [0, 0.1) is 0 Å². The summed E-state index contributed by atoms with van der Waals surface area (Å²) in [5.74, 6) is 0.882. The number of benzene rings is 2. The standard InChI is InChI=1S/C19H24N4O2/c1-25-18-5-3-2-4-17(18)23-12-10-22(11-13-23)14-19(24)21-16-8-6-15(20)7-9-16/h2-9H,10-14,20H2,1H3,(H,21,24). The van der Waals surface area contributed by atoms with Gasteiger partial charge < -0.3 is 20.7 Å². The van der Waals surface area contributed by atoms with E-state index in [0.717, 1.165) is 43.3 Å². The molecule has 3 rings (SSSR count). The van der Waals surface area contributed by atoms with Crippen LogP contribution in [-0.2, 0) is 4.79 Å². The average molecular weight is 340 g/mol. The van der Waals surface area contributed by atoms with Crippen LogP contribution in [0.2, 0.25) is 0 Å². The van der Waals surface area contributed by atoms with Gasteiger partial charge in [-0.05, 0) is 36.4 Å². The van der Waals surface area contributed by atoms with E-state index in [2.05, 4.69) is 21.2 Å². The Labute approximate surface area is 148 Å². The molecule has 1 saturated heterocycles. The van der Waals surface area contributed by atoms with Crippen LogP contribution in [0.25, 0.3) is 0 Å². The summed E-state index contributed by atoms with van der Waals surface area (Å²) in [6.07, 6.45) is 0. The molecule has 6 nitrogen and oxygen atoms in total. The number of nitrogens with one attached hydrogen (secondary N) is 1. The van der Waals surface area contributed by atoms with Crippen LogP contribution in [-0.4, -0.2) is 50.6 Å². The summed E-state index contributed by atoms with van der Waals surface area (Å²) in [6, 6.07) is 15.2. The third kappa shape index (κ3) is 4.42. The van der Waals surface area contributed by atoms with Gasteiger partial charge in [0.25, 0.3) is 0 Å². The number of carbonyl (C=O) groups excluding carboxylic acids is 1. The smallest absolute Gasteiger partial charge is 0.238 e. The summed E-state index contributed by atoms with van der Waals surface area (Å²) in [5, 5.41) is 2.91. The van der Waals surface area contributed by atoms with E-state index in [1.807, 2.05) is 30.3 Å². The molecule has 1 aliphatic heterocycles. The van der Waals surface area contributed by atoms with Crippen molar-refractivity contribution in [2.24, 2.45) is 0 Å². The third-order valence-corrected chi connectivity index (χ3v) is 4.36. The van der Waals surface area contributed by atoms with Crippen molar-refractivity contribution < 1.29 is 9.53 Å². The van der Waals surface area contributed by atoms with Crippen LogP contribution in [0.15, 0.2) is 48.5 Å². The number of rotatable bonds is 5. The van der Waals surface area contributed by atoms with E-state index >= 15 is 0 Å². The minimum Gasteiger partial charge on any atom is -0.495 e. The second kappa shape index (κ2) is 7.90. The number of nitrogens with zero attached hydrogens (tertiary/aromatic N) is 2. The molecule has 0 saturated carbocycles. The van der Waals surface area contributed by atoms with E-state index in [0.29, 0.717) is 12.2 Å². The molecule has 0 spiro atoms. The number of methoxy groups -OCH3 is 1. The fourth-order valence-electron chi connectivity index (χ4n) is 3.01. The van der Waals surface area contributed by atoms with Crippen molar-refractivity contribution in [1.29, 1.82) is 0 Å². The number of piperazine rings is 1. The van der Waals surface area contributed by atoms with E-state index in [1.165, 1.54) is 0 Å². The van der Waals surface area contributed by atoms with E-state index < -0.39 is 0 Å². The number of nitrogens with two attached hydrogens (primary N) is 1. The molecule has 3 N–H and O–H groups in total. The molecule has 1 fully saturated rings. The normalized spacial score (nSPS) is 15.0. The minimum atomic E-state index is -0.00415. The van der Waals surface area contributed by atoms with Crippen LogP contribution in [0.1, 0.15) is 0 Å². The molecule has 2 aromatic carbocycles. The Morgan fingerprint density at radius 2 is 1.76 bits per heavy atom. The van der Waals surface area contributed by atoms with Gasteiger partial charge in [-0.3, -0.25) is 9.69 Å². The van der Waals surface area contributed by atoms with Gasteiger partial charge in [-0.25, -0.2) is 0 Å². The first-order valence-corrected chi connectivity index (χ1v) is 8.41. The number of anilines is 3. The quantitative estimate of drug-likeness (QED) is 0.815. The SMILES string of the molecule is COc1ccccc1N1CCN(CC(=O)Nc2ccc(N)cc2)CC1. The van der Waals surface area contributed by atoms with Gasteiger partial charge in [0, 0.05) is 37.6 Å². The molecule has 0 unspecified atom stereocenters. The Morgan fingerprint density at radius 3 is 2.44 bits per heavy atom. The van der Waals surface area contributed by atoms with Gasteiger partial charge in [-0.15, -0.1) is 0 Å². The fourth-order valence-corrected chi connectivity index (χ4v) is 3.01. The highest BCUT2D eigenvalue weighted by Crippen LogP contribution is 2.28. The monoisotopic (exact) mass is 340 g/mol. The number of ether oxygens (including phenoxy) is 1. The largest absolute Gasteiger partial charge is 0.495 e. The molecule has 1 heterocycles. The van der Waals surface area contributed by atoms with Gasteiger partial charge in [-0.1, -0.05) is 12.1 Å². The lowest BCUT2D eigenvalue weighted by Crippen LogP contribution is -2.48. The van der Waals surface area contributed by atoms with Gasteiger partial charge in [0.15, 0.2) is 0 Å². The molecule has 1 amide bonds. The highest BCUT2D eigenvalue weighted by Gasteiger charge is 2.21. The van der Waals surface area contributed by atoms with Crippen LogP contribution in [0.3, 0.4) is 0 Å². The molecular formula is C19H24N4O2. The molecule has 0 bridgehead atoms. The zero-order valence-electron chi connectivity index (χ0n) is 14.4. The van der Waals surface area contributed by atoms with E-state index in [9.17, 15) is 4.79 Å². The average Bonchev–Trinajstić information content (AvgIpc) is 2.64. The molecule has 0 aromatic heterocycles. The Morgan fingerprint density at radius 1 is 1.08 bits per heavy atom. The molecule has 6 heteroatoms. The lowest BCUT2D eigenvalue weighted by molar-refractivity contribution is -0.117. The molecule has 0 aliphatic carbocycles. The highest BCUT2D eigenvalue weighted by molar-refractivity contribution is 5.92. The van der Waals surface area contributed by atoms with Gasteiger partial charge in [0.2, 0.25) is 5.91 Å². The van der Waals surface area contributed by atoms with Gasteiger partial charge in [-0.2, -0.15) is 0 Å². The zero-order valence-corrected chi connectivity index (χ0v) is 14.4. The lowest BCUT2D eigenvalue weighted by atomic mass is 10.2. The number of nitrogen functional groups attached to an aromatic ring is 1. The van der Waals surface area contributed by atoms with Crippen LogP contribution >= 0.6 is 0 Å². The van der Waals surface area contributed by atoms with Crippen molar-refractivity contribution >= 4 is 23.0 Å². The Balaban J connectivity index is 1.50. The van der Waals surface area contributed by atoms with Crippen molar-refractivity contribution in [2.75, 3.05) is 55.8 Å². The van der Waals surface area contributed by atoms with Crippen molar-refractivity contribution in [3.05, 3.63) is 48.5 Å². The second-order valence-corrected chi connectivity index (χ2v) is 6.11. The summed E-state index contributed by atoms with van der Waals surface area (Å²) in [5.41, 5.74) is 8.22. The maximum Gasteiger partial charge on any atom is 0.238 e. The fraction of sp³-hybridized carbons (Fsp3) is 0.316. The van der Waals surface area contributed by atoms with Crippen LogP contribution < -0.4 is 20.7 Å². The zero-order chi connectivity index (χ0) is 17.6. The maximum absolute atomic E-state index is 12.2. The first-order valence-electron chi connectivity index (χ1n) is 8.41. The van der Waals surface area contributed by atoms with Crippen molar-refractivity contribution in [3.63, 3.8) is 0 Å². The second-order valence-electron chi connectivity index (χ2n) is 6.11. The third-order valence-electron chi connectivity index (χ3n) is 4.36. The Kier molecular flexibility index (Phi) is 5.40. The summed E-state index contributed by atoms with van der Waals surface area (Å²) in [4.78, 5) is 16.7. The highest BCUT2D eigenvalue weighted by atomic mass is 16.5. The minimum absolute atomic E-state index is 0.00415. The number of hydrogen-bond donors (Lipinski definition) is 2. The van der Waals surface area contributed by atoms with Gasteiger partial charge in [0.05, 0.1) is 19.3 Å². The first-order chi connectivity index (χ1) is 12.2. The lowest BCUT2D eigenvalue weighted by Gasteiger charge is -2.36. The van der Waals surface area contributed by atoms with Crippen LogP contribution in [0.4, 0.5) is 17.1 Å². The van der Waals surface area contributed by atoms with E-state index in [4.69, 9.17) is 10.5 Å². The van der Waals surface area contributed by atoms with Crippen molar-refractivity contribution in [1.82, 2.24) is 4.90 Å². The number of hydrogen-bond acceptors (Lipinski definition) is 5. The molecule has 132 valence electrons. The summed E-state index contributed by atoms with van der Waals surface area (Å²) in [7, 11) is 1.69. The Hall–Kier alpha value is -2.73.